The van der Waals surface area contributed by atoms with Gasteiger partial charge in [0.05, 0.1) is 12.7 Å². The second kappa shape index (κ2) is 5.81. The molecule has 112 valence electrons. The van der Waals surface area contributed by atoms with Crippen molar-refractivity contribution in [2.75, 3.05) is 7.11 Å². The Balaban J connectivity index is 1.79. The highest BCUT2D eigenvalue weighted by atomic mass is 16.5. The summed E-state index contributed by atoms with van der Waals surface area (Å²) in [5.41, 5.74) is 0.755. The number of benzene rings is 2. The van der Waals surface area contributed by atoms with E-state index in [-0.39, 0.29) is 12.2 Å². The molecule has 22 heavy (non-hydrogen) atoms. The Kier molecular flexibility index (Phi) is 3.70. The zero-order valence-electron chi connectivity index (χ0n) is 11.9. The summed E-state index contributed by atoms with van der Waals surface area (Å²) in [7, 11) is 1.60. The van der Waals surface area contributed by atoms with Crippen LogP contribution < -0.4 is 9.47 Å². The van der Waals surface area contributed by atoms with Gasteiger partial charge in [0.2, 0.25) is 0 Å². The molecule has 0 bridgehead atoms. The van der Waals surface area contributed by atoms with E-state index in [2.05, 4.69) is 0 Å². The van der Waals surface area contributed by atoms with Crippen molar-refractivity contribution in [1.82, 2.24) is 0 Å². The van der Waals surface area contributed by atoms with Crippen molar-refractivity contribution in [2.45, 2.75) is 6.61 Å². The minimum atomic E-state index is -0.978. The summed E-state index contributed by atoms with van der Waals surface area (Å²) in [6, 6.07) is 13.8. The lowest BCUT2D eigenvalue weighted by Crippen LogP contribution is -1.95. The van der Waals surface area contributed by atoms with E-state index in [0.717, 1.165) is 5.75 Å². The number of carboxylic acids is 1. The van der Waals surface area contributed by atoms with E-state index in [9.17, 15) is 4.79 Å². The van der Waals surface area contributed by atoms with Gasteiger partial charge in [0.15, 0.2) is 0 Å². The van der Waals surface area contributed by atoms with Crippen LogP contribution in [0.4, 0.5) is 0 Å². The molecule has 5 heteroatoms. The second-order valence-corrected chi connectivity index (χ2v) is 4.70. The maximum Gasteiger partial charge on any atom is 0.336 e. The van der Waals surface area contributed by atoms with E-state index in [4.69, 9.17) is 19.0 Å². The first-order valence-electron chi connectivity index (χ1n) is 6.69. The lowest BCUT2D eigenvalue weighted by molar-refractivity contribution is 0.0699. The number of methoxy groups -OCH3 is 1. The van der Waals surface area contributed by atoms with Gasteiger partial charge >= 0.3 is 5.97 Å². The van der Waals surface area contributed by atoms with E-state index < -0.39 is 5.97 Å². The number of rotatable bonds is 5. The van der Waals surface area contributed by atoms with Crippen molar-refractivity contribution >= 4 is 16.9 Å². The predicted octanol–water partition coefficient (Wildman–Crippen LogP) is 3.72. The smallest absolute Gasteiger partial charge is 0.336 e. The highest BCUT2D eigenvalue weighted by Gasteiger charge is 2.12. The normalized spacial score (nSPS) is 10.6. The van der Waals surface area contributed by atoms with Gasteiger partial charge in [-0.25, -0.2) is 4.79 Å². The number of carboxylic acid groups (broad SMARTS) is 1. The van der Waals surface area contributed by atoms with Gasteiger partial charge in [-0.2, -0.15) is 0 Å². The van der Waals surface area contributed by atoms with E-state index >= 15 is 0 Å². The molecular weight excluding hydrogens is 284 g/mol. The molecule has 5 nitrogen and oxygen atoms in total. The Hall–Kier alpha value is -2.95. The summed E-state index contributed by atoms with van der Waals surface area (Å²) in [6.45, 7) is 0.222. The number of aromatic carboxylic acids is 1. The number of ether oxygens (including phenoxy) is 2. The molecule has 0 spiro atoms. The lowest BCUT2D eigenvalue weighted by atomic mass is 10.1. The van der Waals surface area contributed by atoms with Crippen LogP contribution in [-0.4, -0.2) is 18.2 Å². The third-order valence-corrected chi connectivity index (χ3v) is 3.28. The molecule has 3 aromatic rings. The first-order valence-corrected chi connectivity index (χ1v) is 6.69. The van der Waals surface area contributed by atoms with Crippen molar-refractivity contribution in [3.63, 3.8) is 0 Å². The lowest BCUT2D eigenvalue weighted by Gasteiger charge is -2.05. The van der Waals surface area contributed by atoms with Gasteiger partial charge in [0.1, 0.15) is 29.4 Å². The molecule has 0 saturated carbocycles. The molecule has 0 aliphatic rings. The summed E-state index contributed by atoms with van der Waals surface area (Å²) in [6.07, 6.45) is 0. The predicted molar refractivity (Wildman–Crippen MR) is 80.5 cm³/mol. The molecule has 0 saturated heterocycles. The van der Waals surface area contributed by atoms with Gasteiger partial charge in [-0.1, -0.05) is 6.07 Å². The van der Waals surface area contributed by atoms with Crippen molar-refractivity contribution in [3.8, 4) is 11.5 Å². The quantitative estimate of drug-likeness (QED) is 0.777. The van der Waals surface area contributed by atoms with Crippen LogP contribution in [0, 0.1) is 0 Å². The van der Waals surface area contributed by atoms with Gasteiger partial charge in [-0.3, -0.25) is 0 Å². The molecule has 0 unspecified atom stereocenters. The average molecular weight is 298 g/mol. The molecule has 0 fully saturated rings. The maximum absolute atomic E-state index is 11.2. The molecule has 1 N–H and O–H groups in total. The summed E-state index contributed by atoms with van der Waals surface area (Å²) in [5, 5.41) is 9.74. The van der Waals surface area contributed by atoms with E-state index in [1.807, 2.05) is 0 Å². The number of carbonyl (C=O) groups is 1. The largest absolute Gasteiger partial charge is 0.497 e. The zero-order chi connectivity index (χ0) is 15.5. The molecule has 0 aliphatic carbocycles. The average Bonchev–Trinajstić information content (AvgIpc) is 2.96. The molecule has 0 aliphatic heterocycles. The minimum Gasteiger partial charge on any atom is -0.497 e. The summed E-state index contributed by atoms with van der Waals surface area (Å²) in [5.74, 6) is 1.02. The highest BCUT2D eigenvalue weighted by Crippen LogP contribution is 2.25. The van der Waals surface area contributed by atoms with Gasteiger partial charge in [-0.15, -0.1) is 0 Å². The Morgan fingerprint density at radius 1 is 1.14 bits per heavy atom. The topological polar surface area (TPSA) is 68.9 Å². The van der Waals surface area contributed by atoms with Crippen LogP contribution >= 0.6 is 0 Å². The zero-order valence-corrected chi connectivity index (χ0v) is 11.9. The van der Waals surface area contributed by atoms with Crippen molar-refractivity contribution in [1.29, 1.82) is 0 Å². The van der Waals surface area contributed by atoms with Crippen molar-refractivity contribution in [2.24, 2.45) is 0 Å². The summed E-state index contributed by atoms with van der Waals surface area (Å²) >= 11 is 0. The fourth-order valence-electron chi connectivity index (χ4n) is 2.20. The van der Waals surface area contributed by atoms with Crippen LogP contribution in [0.1, 0.15) is 16.1 Å². The highest BCUT2D eigenvalue weighted by molar-refractivity contribution is 6.02. The third-order valence-electron chi connectivity index (χ3n) is 3.28. The molecule has 1 aromatic heterocycles. The van der Waals surface area contributed by atoms with Crippen LogP contribution in [-0.2, 0) is 6.61 Å². The Morgan fingerprint density at radius 2 is 1.86 bits per heavy atom. The first-order chi connectivity index (χ1) is 10.7. The molecule has 2 aromatic carbocycles. The molecule has 0 atom stereocenters. The summed E-state index contributed by atoms with van der Waals surface area (Å²) in [4.78, 5) is 11.2. The molecule has 0 radical (unpaired) electrons. The minimum absolute atomic E-state index is 0.219. The molecule has 0 amide bonds. The van der Waals surface area contributed by atoms with Crippen molar-refractivity contribution < 1.29 is 23.8 Å². The van der Waals surface area contributed by atoms with Crippen LogP contribution in [0.3, 0.4) is 0 Å². The fourth-order valence-corrected chi connectivity index (χ4v) is 2.20. The maximum atomic E-state index is 11.2. The Morgan fingerprint density at radius 3 is 2.55 bits per heavy atom. The molecular formula is C17H14O5. The van der Waals surface area contributed by atoms with Gasteiger partial charge in [0, 0.05) is 5.39 Å². The monoisotopic (exact) mass is 298 g/mol. The number of fused-ring (bicyclic) bond motifs is 1. The Labute approximate surface area is 126 Å². The number of furan rings is 1. The first kappa shape index (κ1) is 14.0. The third kappa shape index (κ3) is 2.74. The molecule has 3 rings (SSSR count). The second-order valence-electron chi connectivity index (χ2n) is 4.70. The van der Waals surface area contributed by atoms with E-state index in [0.29, 0.717) is 22.5 Å². The van der Waals surface area contributed by atoms with E-state index in [1.54, 1.807) is 55.6 Å². The summed E-state index contributed by atoms with van der Waals surface area (Å²) < 4.78 is 16.3. The number of hydrogen-bond donors (Lipinski definition) is 1. The van der Waals surface area contributed by atoms with Crippen LogP contribution in [0.5, 0.6) is 11.5 Å². The fraction of sp³-hybridized carbons (Fsp3) is 0.118. The Bertz CT molecular complexity index is 802. The van der Waals surface area contributed by atoms with Gasteiger partial charge < -0.3 is 19.0 Å². The van der Waals surface area contributed by atoms with Gasteiger partial charge in [0.25, 0.3) is 0 Å². The van der Waals surface area contributed by atoms with Crippen LogP contribution in [0.25, 0.3) is 11.0 Å². The molecule has 1 heterocycles. The van der Waals surface area contributed by atoms with E-state index in [1.165, 1.54) is 0 Å². The van der Waals surface area contributed by atoms with Crippen molar-refractivity contribution in [3.05, 3.63) is 59.9 Å². The standard InChI is InChI=1S/C17H14O5/c1-20-11-5-7-12(8-6-11)21-10-13-9-15-14(17(18)19)3-2-4-16(15)22-13/h2-9H,10H2,1H3,(H,18,19). The SMILES string of the molecule is COc1ccc(OCc2cc3c(C(=O)O)cccc3o2)cc1. The van der Waals surface area contributed by atoms with Crippen LogP contribution in [0.15, 0.2) is 52.9 Å². The number of hydrogen-bond acceptors (Lipinski definition) is 4. The van der Waals surface area contributed by atoms with Crippen LogP contribution in [0.2, 0.25) is 0 Å². The van der Waals surface area contributed by atoms with Gasteiger partial charge in [-0.05, 0) is 42.5 Å².